The molecule has 1 aromatic rings. The van der Waals surface area contributed by atoms with Gasteiger partial charge < -0.3 is 4.74 Å². The summed E-state index contributed by atoms with van der Waals surface area (Å²) >= 11 is 0. The summed E-state index contributed by atoms with van der Waals surface area (Å²) in [6, 6.07) is 11.4. The Hall–Kier alpha value is -1.78. The SMILES string of the molecule is CCOC(=O)CCC(CC[Si](C)(C)c1ccccc1)N=[N+]=[N-]. The second kappa shape index (κ2) is 9.28. The molecule has 0 heterocycles. The topological polar surface area (TPSA) is 75.1 Å². The van der Waals surface area contributed by atoms with Crippen LogP contribution in [0.5, 0.6) is 0 Å². The van der Waals surface area contributed by atoms with Gasteiger partial charge in [-0.25, -0.2) is 0 Å². The van der Waals surface area contributed by atoms with Crippen molar-refractivity contribution in [2.24, 2.45) is 5.11 Å². The van der Waals surface area contributed by atoms with Gasteiger partial charge in [-0.05, 0) is 25.3 Å². The molecule has 0 aliphatic rings. The smallest absolute Gasteiger partial charge is 0.305 e. The lowest BCUT2D eigenvalue weighted by molar-refractivity contribution is -0.143. The second-order valence-electron chi connectivity index (χ2n) is 5.99. The summed E-state index contributed by atoms with van der Waals surface area (Å²) in [5.74, 6) is -0.222. The molecule has 0 aliphatic carbocycles. The van der Waals surface area contributed by atoms with Gasteiger partial charge in [0.2, 0.25) is 0 Å². The van der Waals surface area contributed by atoms with Crippen molar-refractivity contribution in [3.8, 4) is 0 Å². The average Bonchev–Trinajstić information content (AvgIpc) is 2.51. The number of nitrogens with zero attached hydrogens (tertiary/aromatic N) is 3. The highest BCUT2D eigenvalue weighted by Gasteiger charge is 2.24. The number of ether oxygens (including phenoxy) is 1. The van der Waals surface area contributed by atoms with E-state index in [2.05, 4.69) is 47.4 Å². The van der Waals surface area contributed by atoms with Gasteiger partial charge in [0.25, 0.3) is 0 Å². The van der Waals surface area contributed by atoms with Gasteiger partial charge in [0.1, 0.15) is 0 Å². The molecule has 0 fully saturated rings. The Labute approximate surface area is 133 Å². The summed E-state index contributed by atoms with van der Waals surface area (Å²) in [5, 5.41) is 5.25. The molecule has 1 aromatic carbocycles. The van der Waals surface area contributed by atoms with E-state index in [1.54, 1.807) is 6.92 Å². The summed E-state index contributed by atoms with van der Waals surface area (Å²) < 4.78 is 4.92. The lowest BCUT2D eigenvalue weighted by atomic mass is 10.1. The minimum atomic E-state index is -1.54. The van der Waals surface area contributed by atoms with Crippen LogP contribution in [0.15, 0.2) is 35.4 Å². The van der Waals surface area contributed by atoms with Gasteiger partial charge in [0.15, 0.2) is 0 Å². The van der Waals surface area contributed by atoms with Crippen LogP contribution in [0.4, 0.5) is 0 Å². The van der Waals surface area contributed by atoms with E-state index in [-0.39, 0.29) is 12.0 Å². The summed E-state index contributed by atoms with van der Waals surface area (Å²) in [6.45, 7) is 6.82. The van der Waals surface area contributed by atoms with Gasteiger partial charge in [-0.3, -0.25) is 4.79 Å². The number of hydrogen-bond acceptors (Lipinski definition) is 3. The van der Waals surface area contributed by atoms with Crippen molar-refractivity contribution >= 4 is 19.2 Å². The van der Waals surface area contributed by atoms with Crippen LogP contribution in [0.2, 0.25) is 19.1 Å². The third-order valence-corrected chi connectivity index (χ3v) is 7.29. The Morgan fingerprint density at radius 2 is 2.00 bits per heavy atom. The van der Waals surface area contributed by atoms with Crippen molar-refractivity contribution in [2.45, 2.75) is 51.4 Å². The zero-order valence-corrected chi connectivity index (χ0v) is 14.7. The zero-order valence-electron chi connectivity index (χ0n) is 13.7. The summed E-state index contributed by atoms with van der Waals surface area (Å²) in [7, 11) is -1.54. The summed E-state index contributed by atoms with van der Waals surface area (Å²) in [4.78, 5) is 14.3. The van der Waals surface area contributed by atoms with E-state index in [1.807, 2.05) is 6.07 Å². The quantitative estimate of drug-likeness (QED) is 0.227. The zero-order chi connectivity index (χ0) is 16.4. The molecule has 0 saturated carbocycles. The van der Waals surface area contributed by atoms with Gasteiger partial charge in [0, 0.05) is 17.4 Å². The fourth-order valence-electron chi connectivity index (χ4n) is 2.41. The van der Waals surface area contributed by atoms with Crippen LogP contribution < -0.4 is 5.19 Å². The number of azide groups is 1. The van der Waals surface area contributed by atoms with Crippen LogP contribution in [0, 0.1) is 0 Å². The van der Waals surface area contributed by atoms with Crippen LogP contribution in [-0.2, 0) is 9.53 Å². The number of esters is 1. The van der Waals surface area contributed by atoms with E-state index in [0.29, 0.717) is 19.4 Å². The first-order chi connectivity index (χ1) is 10.5. The first kappa shape index (κ1) is 18.3. The summed E-state index contributed by atoms with van der Waals surface area (Å²) in [5.41, 5.74) is 8.71. The lowest BCUT2D eigenvalue weighted by Gasteiger charge is -2.24. The monoisotopic (exact) mass is 319 g/mol. The molecule has 5 nitrogen and oxygen atoms in total. The molecule has 0 aliphatic heterocycles. The van der Waals surface area contributed by atoms with Crippen molar-refractivity contribution in [1.82, 2.24) is 0 Å². The van der Waals surface area contributed by atoms with Crippen LogP contribution in [0.3, 0.4) is 0 Å². The van der Waals surface area contributed by atoms with E-state index in [1.165, 1.54) is 5.19 Å². The van der Waals surface area contributed by atoms with Gasteiger partial charge in [0.05, 0.1) is 14.7 Å². The largest absolute Gasteiger partial charge is 0.466 e. The number of carbonyl (C=O) groups excluding carboxylic acids is 1. The van der Waals surface area contributed by atoms with Crippen LogP contribution in [0.25, 0.3) is 10.4 Å². The number of hydrogen-bond donors (Lipinski definition) is 0. The van der Waals surface area contributed by atoms with Gasteiger partial charge >= 0.3 is 5.97 Å². The van der Waals surface area contributed by atoms with Crippen molar-refractivity contribution in [3.05, 3.63) is 40.8 Å². The van der Waals surface area contributed by atoms with Crippen molar-refractivity contribution in [1.29, 1.82) is 0 Å². The third-order valence-electron chi connectivity index (χ3n) is 3.86. The third kappa shape index (κ3) is 6.33. The molecule has 22 heavy (non-hydrogen) atoms. The highest BCUT2D eigenvalue weighted by atomic mass is 28.3. The van der Waals surface area contributed by atoms with Crippen LogP contribution in [-0.4, -0.2) is 26.7 Å². The fourth-order valence-corrected chi connectivity index (χ4v) is 4.85. The Bertz CT molecular complexity index is 513. The maximum atomic E-state index is 11.4. The molecular weight excluding hydrogens is 294 g/mol. The Balaban J connectivity index is 2.56. The molecule has 1 atom stereocenters. The Kier molecular flexibility index (Phi) is 7.70. The van der Waals surface area contributed by atoms with Crippen molar-refractivity contribution in [3.63, 3.8) is 0 Å². The molecule has 0 spiro atoms. The number of benzene rings is 1. The number of carbonyl (C=O) groups is 1. The van der Waals surface area contributed by atoms with E-state index in [4.69, 9.17) is 10.3 Å². The maximum absolute atomic E-state index is 11.4. The molecule has 6 heteroatoms. The molecule has 0 radical (unpaired) electrons. The number of rotatable bonds is 9. The van der Waals surface area contributed by atoms with Crippen molar-refractivity contribution in [2.75, 3.05) is 6.61 Å². The first-order valence-corrected chi connectivity index (χ1v) is 11.0. The average molecular weight is 319 g/mol. The van der Waals surface area contributed by atoms with Crippen LogP contribution >= 0.6 is 0 Å². The minimum Gasteiger partial charge on any atom is -0.466 e. The van der Waals surface area contributed by atoms with Crippen LogP contribution in [0.1, 0.15) is 26.2 Å². The molecule has 0 bridgehead atoms. The van der Waals surface area contributed by atoms with Crippen molar-refractivity contribution < 1.29 is 9.53 Å². The maximum Gasteiger partial charge on any atom is 0.305 e. The minimum absolute atomic E-state index is 0.134. The predicted molar refractivity (Wildman–Crippen MR) is 91.8 cm³/mol. The molecular formula is C16H25N3O2Si. The van der Waals surface area contributed by atoms with E-state index in [0.717, 1.165) is 12.5 Å². The van der Waals surface area contributed by atoms with E-state index >= 15 is 0 Å². The molecule has 0 amide bonds. The van der Waals surface area contributed by atoms with Gasteiger partial charge in [-0.15, -0.1) is 0 Å². The normalized spacial score (nSPS) is 12.3. The van der Waals surface area contributed by atoms with Gasteiger partial charge in [-0.2, -0.15) is 0 Å². The standard InChI is InChI=1S/C16H25N3O2Si/c1-4-21-16(20)11-10-14(18-19-17)12-13-22(2,3)15-8-6-5-7-9-15/h5-9,14H,4,10-13H2,1-3H3. The lowest BCUT2D eigenvalue weighted by Crippen LogP contribution is -2.41. The highest BCUT2D eigenvalue weighted by Crippen LogP contribution is 2.18. The van der Waals surface area contributed by atoms with Gasteiger partial charge in [-0.1, -0.05) is 59.8 Å². The summed E-state index contributed by atoms with van der Waals surface area (Å²) in [6.07, 6.45) is 1.69. The van der Waals surface area contributed by atoms with E-state index in [9.17, 15) is 4.79 Å². The Morgan fingerprint density at radius 1 is 1.32 bits per heavy atom. The predicted octanol–water partition coefficient (Wildman–Crippen LogP) is 4.01. The highest BCUT2D eigenvalue weighted by molar-refractivity contribution is 6.89. The molecule has 0 saturated heterocycles. The molecule has 1 unspecified atom stereocenters. The van der Waals surface area contributed by atoms with E-state index < -0.39 is 8.07 Å². The first-order valence-electron chi connectivity index (χ1n) is 7.75. The molecule has 0 N–H and O–H groups in total. The molecule has 0 aromatic heterocycles. The molecule has 120 valence electrons. The Morgan fingerprint density at radius 3 is 2.59 bits per heavy atom. The fraction of sp³-hybridized carbons (Fsp3) is 0.562. The molecule has 1 rings (SSSR count). The second-order valence-corrected chi connectivity index (χ2v) is 10.8.